The van der Waals surface area contributed by atoms with Gasteiger partial charge in [-0.05, 0) is 47.1 Å². The van der Waals surface area contributed by atoms with Gasteiger partial charge in [0.15, 0.2) is 0 Å². The van der Waals surface area contributed by atoms with Crippen molar-refractivity contribution in [2.24, 2.45) is 0 Å². The largest absolute Gasteiger partial charge is 0.460 e. The van der Waals surface area contributed by atoms with Crippen molar-refractivity contribution < 1.29 is 9.53 Å². The molecular weight excluding hydrogens is 260 g/mol. The van der Waals surface area contributed by atoms with Crippen molar-refractivity contribution >= 4 is 6.47 Å². The first-order valence-corrected chi connectivity index (χ1v) is 7.64. The summed E-state index contributed by atoms with van der Waals surface area (Å²) < 4.78 is 5.37. The summed E-state index contributed by atoms with van der Waals surface area (Å²) in [6.45, 7) is 2.74. The highest BCUT2D eigenvalue weighted by molar-refractivity contribution is 5.78. The number of fused-ring (bicyclic) bond motifs is 3. The van der Waals surface area contributed by atoms with Crippen LogP contribution in [-0.2, 0) is 16.0 Å². The summed E-state index contributed by atoms with van der Waals surface area (Å²) in [5.74, 6) is 0. The number of ether oxygens (including phenoxy) is 1. The molecule has 1 atom stereocenters. The SMILES string of the molecule is CCCCC(OC=O)c1cccc2c1Cc1ccccc1-2. The Balaban J connectivity index is 2.00. The number of hydrogen-bond acceptors (Lipinski definition) is 2. The molecule has 0 saturated carbocycles. The number of carbonyl (C=O) groups excluding carboxylic acids is 1. The lowest BCUT2D eigenvalue weighted by molar-refractivity contribution is -0.134. The van der Waals surface area contributed by atoms with Crippen LogP contribution in [0.15, 0.2) is 42.5 Å². The molecule has 21 heavy (non-hydrogen) atoms. The lowest BCUT2D eigenvalue weighted by Crippen LogP contribution is -2.06. The van der Waals surface area contributed by atoms with E-state index in [9.17, 15) is 4.79 Å². The summed E-state index contributed by atoms with van der Waals surface area (Å²) in [4.78, 5) is 10.8. The highest BCUT2D eigenvalue weighted by atomic mass is 16.5. The van der Waals surface area contributed by atoms with E-state index in [0.29, 0.717) is 6.47 Å². The maximum absolute atomic E-state index is 10.8. The minimum Gasteiger partial charge on any atom is -0.460 e. The molecule has 0 aliphatic heterocycles. The fourth-order valence-corrected chi connectivity index (χ4v) is 3.24. The maximum atomic E-state index is 10.8. The lowest BCUT2D eigenvalue weighted by Gasteiger charge is -2.18. The molecule has 0 spiro atoms. The molecule has 0 N–H and O–H groups in total. The molecule has 2 aromatic carbocycles. The molecule has 1 aliphatic carbocycles. The monoisotopic (exact) mass is 280 g/mol. The highest BCUT2D eigenvalue weighted by Gasteiger charge is 2.24. The van der Waals surface area contributed by atoms with E-state index in [1.807, 2.05) is 0 Å². The zero-order valence-electron chi connectivity index (χ0n) is 12.3. The summed E-state index contributed by atoms with van der Waals surface area (Å²) in [6, 6.07) is 14.9. The molecule has 1 aliphatic rings. The van der Waals surface area contributed by atoms with Gasteiger partial charge in [0.05, 0.1) is 0 Å². The van der Waals surface area contributed by atoms with Crippen LogP contribution in [0.25, 0.3) is 11.1 Å². The predicted octanol–water partition coefficient (Wildman–Crippen LogP) is 4.66. The molecule has 0 radical (unpaired) electrons. The van der Waals surface area contributed by atoms with Crippen molar-refractivity contribution in [2.45, 2.75) is 38.7 Å². The van der Waals surface area contributed by atoms with Gasteiger partial charge in [0, 0.05) is 0 Å². The van der Waals surface area contributed by atoms with E-state index in [0.717, 1.165) is 25.7 Å². The zero-order chi connectivity index (χ0) is 14.7. The number of unbranched alkanes of at least 4 members (excludes halogenated alkanes) is 1. The summed E-state index contributed by atoms with van der Waals surface area (Å²) in [7, 11) is 0. The minimum atomic E-state index is -0.119. The van der Waals surface area contributed by atoms with Gasteiger partial charge in [0.25, 0.3) is 6.47 Å². The third kappa shape index (κ3) is 2.58. The van der Waals surface area contributed by atoms with Gasteiger partial charge in [-0.1, -0.05) is 55.8 Å². The van der Waals surface area contributed by atoms with Crippen molar-refractivity contribution in [3.63, 3.8) is 0 Å². The van der Waals surface area contributed by atoms with Crippen LogP contribution < -0.4 is 0 Å². The Labute approximate surface area is 125 Å². The van der Waals surface area contributed by atoms with Gasteiger partial charge >= 0.3 is 0 Å². The van der Waals surface area contributed by atoms with Crippen LogP contribution in [0.4, 0.5) is 0 Å². The Morgan fingerprint density at radius 3 is 2.76 bits per heavy atom. The van der Waals surface area contributed by atoms with Gasteiger partial charge in [-0.15, -0.1) is 0 Å². The van der Waals surface area contributed by atoms with Crippen molar-refractivity contribution in [3.05, 3.63) is 59.2 Å². The van der Waals surface area contributed by atoms with Crippen molar-refractivity contribution in [1.29, 1.82) is 0 Å². The van der Waals surface area contributed by atoms with Crippen LogP contribution in [-0.4, -0.2) is 6.47 Å². The smallest absolute Gasteiger partial charge is 0.293 e. The maximum Gasteiger partial charge on any atom is 0.293 e. The summed E-state index contributed by atoms with van der Waals surface area (Å²) in [5, 5.41) is 0. The molecule has 0 saturated heterocycles. The topological polar surface area (TPSA) is 26.3 Å². The van der Waals surface area contributed by atoms with Gasteiger partial charge < -0.3 is 4.74 Å². The average Bonchev–Trinajstić information content (AvgIpc) is 2.90. The third-order valence-corrected chi connectivity index (χ3v) is 4.27. The lowest BCUT2D eigenvalue weighted by atomic mass is 9.95. The van der Waals surface area contributed by atoms with Crippen LogP contribution in [0.1, 0.15) is 49.0 Å². The molecule has 0 amide bonds. The first-order valence-electron chi connectivity index (χ1n) is 7.64. The first kappa shape index (κ1) is 13.9. The van der Waals surface area contributed by atoms with Gasteiger partial charge in [0.2, 0.25) is 0 Å². The third-order valence-electron chi connectivity index (χ3n) is 4.27. The molecule has 0 fully saturated rings. The Morgan fingerprint density at radius 2 is 1.95 bits per heavy atom. The fourth-order valence-electron chi connectivity index (χ4n) is 3.24. The normalized spacial score (nSPS) is 13.4. The second-order valence-corrected chi connectivity index (χ2v) is 5.57. The van der Waals surface area contributed by atoms with Crippen molar-refractivity contribution in [1.82, 2.24) is 0 Å². The van der Waals surface area contributed by atoms with Crippen molar-refractivity contribution in [2.75, 3.05) is 0 Å². The molecule has 0 bridgehead atoms. The summed E-state index contributed by atoms with van der Waals surface area (Å²) in [5.41, 5.74) is 6.46. The number of rotatable bonds is 6. The van der Waals surface area contributed by atoms with E-state index in [2.05, 4.69) is 49.4 Å². The van der Waals surface area contributed by atoms with Crippen LogP contribution in [0, 0.1) is 0 Å². The molecule has 0 heterocycles. The van der Waals surface area contributed by atoms with Crippen LogP contribution in [0.5, 0.6) is 0 Å². The van der Waals surface area contributed by atoms with Crippen LogP contribution >= 0.6 is 0 Å². The average molecular weight is 280 g/mol. The Morgan fingerprint density at radius 1 is 1.14 bits per heavy atom. The second kappa shape index (κ2) is 6.13. The Bertz CT molecular complexity index is 646. The van der Waals surface area contributed by atoms with Crippen LogP contribution in [0.2, 0.25) is 0 Å². The van der Waals surface area contributed by atoms with Crippen LogP contribution in [0.3, 0.4) is 0 Å². The minimum absolute atomic E-state index is 0.119. The van der Waals surface area contributed by atoms with E-state index in [-0.39, 0.29) is 6.10 Å². The number of hydrogen-bond donors (Lipinski definition) is 0. The van der Waals surface area contributed by atoms with E-state index < -0.39 is 0 Å². The highest BCUT2D eigenvalue weighted by Crippen LogP contribution is 2.41. The van der Waals surface area contributed by atoms with Gasteiger partial charge in [-0.3, -0.25) is 4.79 Å². The van der Waals surface area contributed by atoms with Gasteiger partial charge in [0.1, 0.15) is 6.10 Å². The summed E-state index contributed by atoms with van der Waals surface area (Å²) >= 11 is 0. The zero-order valence-corrected chi connectivity index (χ0v) is 12.3. The molecule has 2 heteroatoms. The van der Waals surface area contributed by atoms with Gasteiger partial charge in [-0.25, -0.2) is 0 Å². The van der Waals surface area contributed by atoms with Crippen molar-refractivity contribution in [3.8, 4) is 11.1 Å². The molecule has 2 aromatic rings. The Hall–Kier alpha value is -2.09. The number of carbonyl (C=O) groups is 1. The molecule has 108 valence electrons. The second-order valence-electron chi connectivity index (χ2n) is 5.57. The molecule has 1 unspecified atom stereocenters. The van der Waals surface area contributed by atoms with E-state index in [4.69, 9.17) is 4.74 Å². The predicted molar refractivity (Wildman–Crippen MR) is 84.1 cm³/mol. The van der Waals surface area contributed by atoms with Gasteiger partial charge in [-0.2, -0.15) is 0 Å². The molecule has 3 rings (SSSR count). The number of benzene rings is 2. The summed E-state index contributed by atoms with van der Waals surface area (Å²) in [6.07, 6.45) is 3.88. The molecular formula is C19H20O2. The quantitative estimate of drug-likeness (QED) is 0.614. The van der Waals surface area contributed by atoms with E-state index in [1.165, 1.54) is 27.8 Å². The Kier molecular flexibility index (Phi) is 4.05. The molecule has 0 aromatic heterocycles. The standard InChI is InChI=1S/C19H20O2/c1-2-3-11-19(21-13-20)17-10-6-9-16-15-8-5-4-7-14(15)12-18(16)17/h4-10,13,19H,2-3,11-12H2,1H3. The first-order chi connectivity index (χ1) is 10.3. The molecule has 2 nitrogen and oxygen atoms in total. The van der Waals surface area contributed by atoms with E-state index >= 15 is 0 Å². The fraction of sp³-hybridized carbons (Fsp3) is 0.316. The van der Waals surface area contributed by atoms with E-state index in [1.54, 1.807) is 0 Å².